The predicted octanol–water partition coefficient (Wildman–Crippen LogP) is 3.82. The molecule has 0 amide bonds. The highest BCUT2D eigenvalue weighted by Gasteiger charge is 2.38. The van der Waals surface area contributed by atoms with Crippen molar-refractivity contribution in [2.24, 2.45) is 11.7 Å². The number of hydrogen-bond donors (Lipinski definition) is 1. The van der Waals surface area contributed by atoms with E-state index in [9.17, 15) is 8.78 Å². The number of nitrogens with two attached hydrogens (primary N) is 1. The molecule has 2 rings (SSSR count). The van der Waals surface area contributed by atoms with E-state index < -0.39 is 5.92 Å². The lowest BCUT2D eigenvalue weighted by Gasteiger charge is -2.32. The van der Waals surface area contributed by atoms with Gasteiger partial charge in [-0.25, -0.2) is 8.78 Å². The molecule has 1 aromatic carbocycles. The van der Waals surface area contributed by atoms with Gasteiger partial charge in [-0.3, -0.25) is 0 Å². The van der Waals surface area contributed by atoms with E-state index in [4.69, 9.17) is 5.73 Å². The Labute approximate surface area is 101 Å². The molecule has 0 aromatic heterocycles. The van der Waals surface area contributed by atoms with E-state index in [2.05, 4.69) is 0 Å². The first kappa shape index (κ1) is 12.5. The first-order valence-electron chi connectivity index (χ1n) is 6.18. The van der Waals surface area contributed by atoms with Gasteiger partial charge in [-0.1, -0.05) is 29.8 Å². The molecule has 17 heavy (non-hydrogen) atoms. The summed E-state index contributed by atoms with van der Waals surface area (Å²) in [6.45, 7) is 2.00. The van der Waals surface area contributed by atoms with Gasteiger partial charge in [0.05, 0.1) is 0 Å². The number of benzene rings is 1. The fourth-order valence-corrected chi connectivity index (χ4v) is 2.58. The summed E-state index contributed by atoms with van der Waals surface area (Å²) in [4.78, 5) is 0. The zero-order valence-electron chi connectivity index (χ0n) is 10.1. The zero-order chi connectivity index (χ0) is 12.5. The molecule has 0 saturated heterocycles. The maximum Gasteiger partial charge on any atom is 0.248 e. The van der Waals surface area contributed by atoms with Crippen LogP contribution < -0.4 is 5.73 Å². The Bertz CT molecular complexity index is 372. The highest BCUT2D eigenvalue weighted by atomic mass is 19.3. The van der Waals surface area contributed by atoms with Crippen LogP contribution in [0.25, 0.3) is 0 Å². The maximum absolute atomic E-state index is 13.3. The Morgan fingerprint density at radius 3 is 2.53 bits per heavy atom. The monoisotopic (exact) mass is 239 g/mol. The molecule has 1 nitrogen and oxygen atoms in total. The fourth-order valence-electron chi connectivity index (χ4n) is 2.58. The third-order valence-electron chi connectivity index (χ3n) is 3.65. The van der Waals surface area contributed by atoms with Gasteiger partial charge in [0.15, 0.2) is 0 Å². The van der Waals surface area contributed by atoms with Gasteiger partial charge in [-0.15, -0.1) is 0 Å². The Hall–Kier alpha value is -0.960. The number of aryl methyl sites for hydroxylation is 1. The van der Waals surface area contributed by atoms with Crippen LogP contribution in [0.15, 0.2) is 24.3 Å². The third-order valence-corrected chi connectivity index (χ3v) is 3.65. The Kier molecular flexibility index (Phi) is 3.48. The lowest BCUT2D eigenvalue weighted by molar-refractivity contribution is -0.0563. The molecule has 2 unspecified atom stereocenters. The van der Waals surface area contributed by atoms with Crippen LogP contribution in [0.1, 0.15) is 42.9 Å². The Morgan fingerprint density at radius 2 is 1.94 bits per heavy atom. The second-order valence-corrected chi connectivity index (χ2v) is 5.15. The van der Waals surface area contributed by atoms with E-state index in [0.717, 1.165) is 17.5 Å². The molecule has 2 N–H and O–H groups in total. The smallest absolute Gasteiger partial charge is 0.248 e. The van der Waals surface area contributed by atoms with Crippen molar-refractivity contribution < 1.29 is 8.78 Å². The molecule has 0 aliphatic heterocycles. The molecular formula is C14H19F2N. The summed E-state index contributed by atoms with van der Waals surface area (Å²) in [5.74, 6) is -2.62. The second kappa shape index (κ2) is 4.73. The Morgan fingerprint density at radius 1 is 1.29 bits per heavy atom. The molecule has 94 valence electrons. The quantitative estimate of drug-likeness (QED) is 0.834. The summed E-state index contributed by atoms with van der Waals surface area (Å²) in [7, 11) is 0. The van der Waals surface area contributed by atoms with Crippen LogP contribution in [0, 0.1) is 12.8 Å². The molecule has 1 aliphatic rings. The normalized spacial score (nSPS) is 25.5. The lowest BCUT2D eigenvalue weighted by Crippen LogP contribution is -2.32. The number of hydrogen-bond acceptors (Lipinski definition) is 1. The van der Waals surface area contributed by atoms with Gasteiger partial charge in [0.1, 0.15) is 0 Å². The molecule has 0 spiro atoms. The molecular weight excluding hydrogens is 220 g/mol. The van der Waals surface area contributed by atoms with Crippen LogP contribution >= 0.6 is 0 Å². The molecule has 2 atom stereocenters. The second-order valence-electron chi connectivity index (χ2n) is 5.15. The first-order chi connectivity index (χ1) is 7.98. The van der Waals surface area contributed by atoms with Crippen molar-refractivity contribution in [1.29, 1.82) is 0 Å². The molecule has 3 heteroatoms. The summed E-state index contributed by atoms with van der Waals surface area (Å²) >= 11 is 0. The lowest BCUT2D eigenvalue weighted by atomic mass is 9.79. The van der Waals surface area contributed by atoms with Crippen molar-refractivity contribution in [3.05, 3.63) is 35.4 Å². The summed E-state index contributed by atoms with van der Waals surface area (Å²) < 4.78 is 26.7. The van der Waals surface area contributed by atoms with Crippen molar-refractivity contribution in [3.63, 3.8) is 0 Å². The molecule has 0 bridgehead atoms. The van der Waals surface area contributed by atoms with Gasteiger partial charge < -0.3 is 5.73 Å². The van der Waals surface area contributed by atoms with Gasteiger partial charge in [-0.2, -0.15) is 0 Å². The average Bonchev–Trinajstić information content (AvgIpc) is 2.28. The summed E-state index contributed by atoms with van der Waals surface area (Å²) in [5.41, 5.74) is 8.24. The van der Waals surface area contributed by atoms with Crippen LogP contribution in [-0.2, 0) is 0 Å². The minimum absolute atomic E-state index is 0.0180. The van der Waals surface area contributed by atoms with Gasteiger partial charge in [0.25, 0.3) is 0 Å². The van der Waals surface area contributed by atoms with Gasteiger partial charge in [0, 0.05) is 18.9 Å². The zero-order valence-corrected chi connectivity index (χ0v) is 10.1. The topological polar surface area (TPSA) is 26.0 Å². The van der Waals surface area contributed by atoms with E-state index in [-0.39, 0.29) is 24.8 Å². The standard InChI is InChI=1S/C14H19F2N/c1-10-4-6-11(7-5-10)13(17)12-3-2-8-14(15,16)9-12/h4-7,12-13H,2-3,8-9,17H2,1H3. The minimum Gasteiger partial charge on any atom is -0.324 e. The third kappa shape index (κ3) is 3.03. The van der Waals surface area contributed by atoms with Gasteiger partial charge in [0.2, 0.25) is 5.92 Å². The molecule has 0 radical (unpaired) electrons. The van der Waals surface area contributed by atoms with E-state index >= 15 is 0 Å². The van der Waals surface area contributed by atoms with Gasteiger partial charge >= 0.3 is 0 Å². The van der Waals surface area contributed by atoms with E-state index in [1.54, 1.807) is 0 Å². The highest BCUT2D eigenvalue weighted by Crippen LogP contribution is 2.41. The van der Waals surface area contributed by atoms with Crippen LogP contribution in [0.4, 0.5) is 8.78 Å². The van der Waals surface area contributed by atoms with Gasteiger partial charge in [-0.05, 0) is 31.2 Å². The van der Waals surface area contributed by atoms with E-state index in [1.807, 2.05) is 31.2 Å². The Balaban J connectivity index is 2.09. The van der Waals surface area contributed by atoms with Crippen LogP contribution in [0.5, 0.6) is 0 Å². The molecule has 1 aromatic rings. The largest absolute Gasteiger partial charge is 0.324 e. The molecule has 1 saturated carbocycles. The van der Waals surface area contributed by atoms with Crippen molar-refractivity contribution in [3.8, 4) is 0 Å². The predicted molar refractivity (Wildman–Crippen MR) is 65.0 cm³/mol. The number of rotatable bonds is 2. The van der Waals surface area contributed by atoms with Crippen molar-refractivity contribution >= 4 is 0 Å². The summed E-state index contributed by atoms with van der Waals surface area (Å²) in [6.07, 6.45) is 1.34. The van der Waals surface area contributed by atoms with Crippen molar-refractivity contribution in [2.45, 2.75) is 44.6 Å². The summed E-state index contributed by atoms with van der Waals surface area (Å²) in [6, 6.07) is 7.60. The van der Waals surface area contributed by atoms with E-state index in [0.29, 0.717) is 6.42 Å². The fraction of sp³-hybridized carbons (Fsp3) is 0.571. The maximum atomic E-state index is 13.3. The van der Waals surface area contributed by atoms with Crippen molar-refractivity contribution in [2.75, 3.05) is 0 Å². The minimum atomic E-state index is -2.52. The van der Waals surface area contributed by atoms with Crippen LogP contribution in [-0.4, -0.2) is 5.92 Å². The average molecular weight is 239 g/mol. The molecule has 1 aliphatic carbocycles. The number of halogens is 2. The van der Waals surface area contributed by atoms with Crippen molar-refractivity contribution in [1.82, 2.24) is 0 Å². The number of alkyl halides is 2. The SMILES string of the molecule is Cc1ccc(C(N)C2CCCC(F)(F)C2)cc1. The van der Waals surface area contributed by atoms with Crippen LogP contribution in [0.3, 0.4) is 0 Å². The first-order valence-corrected chi connectivity index (χ1v) is 6.18. The molecule has 0 heterocycles. The molecule has 1 fully saturated rings. The van der Waals surface area contributed by atoms with Crippen LogP contribution in [0.2, 0.25) is 0 Å². The highest BCUT2D eigenvalue weighted by molar-refractivity contribution is 5.24. The van der Waals surface area contributed by atoms with E-state index in [1.165, 1.54) is 0 Å². The summed E-state index contributed by atoms with van der Waals surface area (Å²) in [5, 5.41) is 0.